The summed E-state index contributed by atoms with van der Waals surface area (Å²) in [4.78, 5) is 28.0. The molecule has 3 heterocycles. The van der Waals surface area contributed by atoms with Gasteiger partial charge in [-0.1, -0.05) is 11.6 Å². The largest absolute Gasteiger partial charge is 0.444 e. The number of likely N-dealkylation sites (tertiary alicyclic amines) is 1. The molecule has 1 aliphatic rings. The van der Waals surface area contributed by atoms with Crippen molar-refractivity contribution in [3.8, 4) is 10.6 Å². The molecule has 9 heteroatoms. The number of piperidine rings is 1. The first kappa shape index (κ1) is 19.8. The quantitative estimate of drug-likeness (QED) is 0.810. The summed E-state index contributed by atoms with van der Waals surface area (Å²) in [6.07, 6.45) is 3.25. The fourth-order valence-electron chi connectivity index (χ4n) is 2.88. The molecule has 0 bridgehead atoms. The van der Waals surface area contributed by atoms with E-state index in [9.17, 15) is 4.79 Å². The molecular weight excluding hydrogens is 386 g/mol. The van der Waals surface area contributed by atoms with Gasteiger partial charge in [0.25, 0.3) is 0 Å². The Kier molecular flexibility index (Phi) is 5.86. The predicted molar refractivity (Wildman–Crippen MR) is 107 cm³/mol. The summed E-state index contributed by atoms with van der Waals surface area (Å²) >= 11 is 7.69. The Balaban J connectivity index is 1.67. The number of nitrogens with one attached hydrogen (secondary N) is 1. The van der Waals surface area contributed by atoms with E-state index in [2.05, 4.69) is 20.3 Å². The third-order valence-electron chi connectivity index (χ3n) is 3.99. The van der Waals surface area contributed by atoms with Gasteiger partial charge >= 0.3 is 6.09 Å². The van der Waals surface area contributed by atoms with Gasteiger partial charge in [-0.15, -0.1) is 11.3 Å². The molecule has 1 atom stereocenters. The van der Waals surface area contributed by atoms with E-state index in [-0.39, 0.29) is 12.1 Å². The van der Waals surface area contributed by atoms with Crippen molar-refractivity contribution >= 4 is 35.0 Å². The predicted octanol–water partition coefficient (Wildman–Crippen LogP) is 4.37. The van der Waals surface area contributed by atoms with Crippen LogP contribution in [0.1, 0.15) is 38.6 Å². The second-order valence-electron chi connectivity index (χ2n) is 7.53. The van der Waals surface area contributed by atoms with Crippen LogP contribution in [0.4, 0.5) is 10.7 Å². The highest BCUT2D eigenvalue weighted by Crippen LogP contribution is 2.32. The summed E-state index contributed by atoms with van der Waals surface area (Å²) in [5.74, 6) is 0.519. The molecule has 0 spiro atoms. The number of anilines is 1. The van der Waals surface area contributed by atoms with Crippen LogP contribution in [0.2, 0.25) is 5.15 Å². The zero-order chi connectivity index (χ0) is 19.6. The fraction of sp³-hybridized carbons (Fsp3) is 0.556. The lowest BCUT2D eigenvalue weighted by molar-refractivity contribution is 0.0206. The molecular formula is C18H24ClN5O2S. The number of thiazole rings is 1. The number of halogens is 1. The normalized spacial score (nSPS) is 17.7. The summed E-state index contributed by atoms with van der Waals surface area (Å²) in [6.45, 7) is 8.78. The maximum absolute atomic E-state index is 12.3. The molecule has 2 aromatic rings. The third-order valence-corrected chi connectivity index (χ3v) is 5.37. The van der Waals surface area contributed by atoms with E-state index in [1.807, 2.05) is 33.8 Å². The summed E-state index contributed by atoms with van der Waals surface area (Å²) < 4.78 is 5.48. The Morgan fingerprint density at radius 2 is 2.19 bits per heavy atom. The number of hydrogen-bond acceptors (Lipinski definition) is 7. The van der Waals surface area contributed by atoms with Gasteiger partial charge in [0.1, 0.15) is 10.8 Å². The van der Waals surface area contributed by atoms with Crippen molar-refractivity contribution in [2.24, 2.45) is 0 Å². The van der Waals surface area contributed by atoms with Crippen LogP contribution >= 0.6 is 22.9 Å². The number of carbonyl (C=O) groups is 1. The molecule has 1 fully saturated rings. The maximum Gasteiger partial charge on any atom is 0.410 e. The Hall–Kier alpha value is -1.93. The zero-order valence-electron chi connectivity index (χ0n) is 16.0. The van der Waals surface area contributed by atoms with Crippen LogP contribution in [0.3, 0.4) is 0 Å². The molecule has 3 rings (SSSR count). The van der Waals surface area contributed by atoms with Crippen LogP contribution in [0.15, 0.2) is 12.3 Å². The topological polar surface area (TPSA) is 80.2 Å². The van der Waals surface area contributed by atoms with E-state index < -0.39 is 5.60 Å². The molecule has 0 saturated carbocycles. The Morgan fingerprint density at radius 3 is 2.85 bits per heavy atom. The molecule has 146 valence electrons. The van der Waals surface area contributed by atoms with E-state index in [0.717, 1.165) is 28.4 Å². The van der Waals surface area contributed by atoms with Crippen molar-refractivity contribution in [1.82, 2.24) is 19.9 Å². The van der Waals surface area contributed by atoms with Crippen molar-refractivity contribution in [2.75, 3.05) is 18.4 Å². The number of hydrogen-bond donors (Lipinski definition) is 1. The Morgan fingerprint density at radius 1 is 1.41 bits per heavy atom. The van der Waals surface area contributed by atoms with Gasteiger partial charge in [-0.2, -0.15) is 0 Å². The van der Waals surface area contributed by atoms with Gasteiger partial charge in [-0.3, -0.25) is 0 Å². The molecule has 2 aromatic heterocycles. The lowest BCUT2D eigenvalue weighted by Crippen LogP contribution is -2.47. The van der Waals surface area contributed by atoms with Crippen LogP contribution in [0.5, 0.6) is 0 Å². The Bertz CT molecular complexity index is 820. The third kappa shape index (κ3) is 5.29. The standard InChI is InChI=1S/C18H24ClN5O2S/c1-11-21-15(19)14(27-11)13-7-8-20-16(23-13)22-12-6-5-9-24(10-12)17(25)26-18(2,3)4/h7-8,12H,5-6,9-10H2,1-4H3,(H,20,22,23)/t12-/m1/s1. The summed E-state index contributed by atoms with van der Waals surface area (Å²) in [7, 11) is 0. The minimum Gasteiger partial charge on any atom is -0.444 e. The molecule has 7 nitrogen and oxygen atoms in total. The molecule has 1 aliphatic heterocycles. The molecule has 0 aliphatic carbocycles. The zero-order valence-corrected chi connectivity index (χ0v) is 17.5. The number of aromatic nitrogens is 3. The van der Waals surface area contributed by atoms with Gasteiger partial charge in [-0.05, 0) is 46.6 Å². The molecule has 27 heavy (non-hydrogen) atoms. The summed E-state index contributed by atoms with van der Waals surface area (Å²) in [5.41, 5.74) is 0.240. The Labute approximate surface area is 168 Å². The van der Waals surface area contributed by atoms with E-state index in [0.29, 0.717) is 24.2 Å². The average molecular weight is 410 g/mol. The highest BCUT2D eigenvalue weighted by molar-refractivity contribution is 7.15. The van der Waals surface area contributed by atoms with E-state index in [1.165, 1.54) is 11.3 Å². The van der Waals surface area contributed by atoms with E-state index >= 15 is 0 Å². The number of carbonyl (C=O) groups excluding carboxylic acids is 1. The lowest BCUT2D eigenvalue weighted by Gasteiger charge is -2.34. The second-order valence-corrected chi connectivity index (χ2v) is 9.09. The highest BCUT2D eigenvalue weighted by atomic mass is 35.5. The lowest BCUT2D eigenvalue weighted by atomic mass is 10.1. The smallest absolute Gasteiger partial charge is 0.410 e. The van der Waals surface area contributed by atoms with Crippen molar-refractivity contribution in [3.05, 3.63) is 22.4 Å². The van der Waals surface area contributed by atoms with Gasteiger partial charge in [0.2, 0.25) is 5.95 Å². The van der Waals surface area contributed by atoms with Crippen LogP contribution in [0.25, 0.3) is 10.6 Å². The van der Waals surface area contributed by atoms with Crippen LogP contribution in [-0.4, -0.2) is 50.7 Å². The molecule has 1 saturated heterocycles. The molecule has 0 aromatic carbocycles. The average Bonchev–Trinajstić information content (AvgIpc) is 2.92. The van der Waals surface area contributed by atoms with E-state index in [1.54, 1.807) is 11.1 Å². The minimum atomic E-state index is -0.499. The van der Waals surface area contributed by atoms with Gasteiger partial charge in [0, 0.05) is 25.3 Å². The molecule has 0 unspecified atom stereocenters. The fourth-order valence-corrected chi connectivity index (χ4v) is 4.05. The highest BCUT2D eigenvalue weighted by Gasteiger charge is 2.28. The first-order valence-corrected chi connectivity index (χ1v) is 10.1. The van der Waals surface area contributed by atoms with Gasteiger partial charge in [0.05, 0.1) is 15.6 Å². The molecule has 1 N–H and O–H groups in total. The van der Waals surface area contributed by atoms with Crippen molar-refractivity contribution in [2.45, 2.75) is 52.2 Å². The van der Waals surface area contributed by atoms with Crippen molar-refractivity contribution in [3.63, 3.8) is 0 Å². The van der Waals surface area contributed by atoms with Gasteiger partial charge in [-0.25, -0.2) is 19.7 Å². The van der Waals surface area contributed by atoms with Crippen LogP contribution < -0.4 is 5.32 Å². The summed E-state index contributed by atoms with van der Waals surface area (Å²) in [5, 5.41) is 4.68. The van der Waals surface area contributed by atoms with Crippen LogP contribution in [-0.2, 0) is 4.74 Å². The number of amides is 1. The number of ether oxygens (including phenoxy) is 1. The van der Waals surface area contributed by atoms with E-state index in [4.69, 9.17) is 16.3 Å². The molecule has 0 radical (unpaired) electrons. The van der Waals surface area contributed by atoms with Crippen molar-refractivity contribution in [1.29, 1.82) is 0 Å². The number of nitrogens with zero attached hydrogens (tertiary/aromatic N) is 4. The first-order valence-electron chi connectivity index (χ1n) is 8.92. The second kappa shape index (κ2) is 7.98. The van der Waals surface area contributed by atoms with Gasteiger partial charge < -0.3 is 15.0 Å². The molecule has 1 amide bonds. The van der Waals surface area contributed by atoms with Crippen molar-refractivity contribution < 1.29 is 9.53 Å². The minimum absolute atomic E-state index is 0.0696. The van der Waals surface area contributed by atoms with Crippen LogP contribution in [0, 0.1) is 6.92 Å². The SMILES string of the molecule is Cc1nc(Cl)c(-c2ccnc(N[C@@H]3CCCN(C(=O)OC(C)(C)C)C3)n2)s1. The monoisotopic (exact) mass is 409 g/mol. The number of aryl methyl sites for hydroxylation is 1. The maximum atomic E-state index is 12.3. The number of rotatable bonds is 3. The van der Waals surface area contributed by atoms with Gasteiger partial charge in [0.15, 0.2) is 0 Å². The first-order chi connectivity index (χ1) is 12.7. The summed E-state index contributed by atoms with van der Waals surface area (Å²) in [6, 6.07) is 1.89.